The Hall–Kier alpha value is -4.15. The van der Waals surface area contributed by atoms with Crippen LogP contribution in [0.15, 0.2) is 34.9 Å². The number of aromatic amines is 1. The van der Waals surface area contributed by atoms with Crippen molar-refractivity contribution in [3.05, 3.63) is 76.0 Å². The van der Waals surface area contributed by atoms with Gasteiger partial charge in [-0.1, -0.05) is 29.5 Å². The number of hydrogen-bond acceptors (Lipinski definition) is 9. The molecule has 37 heavy (non-hydrogen) atoms. The predicted molar refractivity (Wildman–Crippen MR) is 132 cm³/mol. The van der Waals surface area contributed by atoms with Crippen LogP contribution >= 0.6 is 0 Å². The number of aryl methyl sites for hydroxylation is 1. The zero-order chi connectivity index (χ0) is 24.8. The Labute approximate surface area is 213 Å². The number of carbonyl (C=O) groups excluding carboxylic acids is 1. The van der Waals surface area contributed by atoms with Gasteiger partial charge >= 0.3 is 0 Å². The van der Waals surface area contributed by atoms with Gasteiger partial charge in [0.15, 0.2) is 0 Å². The Kier molecular flexibility index (Phi) is 5.40. The van der Waals surface area contributed by atoms with Crippen LogP contribution in [0.2, 0.25) is 0 Å². The lowest BCUT2D eigenvalue weighted by Crippen LogP contribution is -2.37. The third-order valence-corrected chi connectivity index (χ3v) is 7.70. The molecule has 3 aromatic heterocycles. The molecule has 0 fully saturated rings. The number of benzene rings is 1. The highest BCUT2D eigenvalue weighted by atomic mass is 16.4. The third kappa shape index (κ3) is 4.34. The molecule has 4 aromatic rings. The Morgan fingerprint density at radius 1 is 1.05 bits per heavy atom. The van der Waals surface area contributed by atoms with Gasteiger partial charge in [-0.3, -0.25) is 9.89 Å². The fourth-order valence-corrected chi connectivity index (χ4v) is 5.68. The highest BCUT2D eigenvalue weighted by molar-refractivity contribution is 5.78. The Bertz CT molecular complexity index is 1440. The Balaban J connectivity index is 0.991. The number of amides is 1. The van der Waals surface area contributed by atoms with Crippen LogP contribution in [0.4, 0.5) is 5.95 Å². The Morgan fingerprint density at radius 2 is 1.92 bits per heavy atom. The first-order valence-electron chi connectivity index (χ1n) is 12.8. The summed E-state index contributed by atoms with van der Waals surface area (Å²) in [5, 5.41) is 22.7. The number of hydrogen-bond donors (Lipinski definition) is 2. The predicted octanol–water partition coefficient (Wildman–Crippen LogP) is 1.96. The normalized spacial score (nSPS) is 18.8. The molecule has 2 aliphatic carbocycles. The van der Waals surface area contributed by atoms with Crippen LogP contribution in [0, 0.1) is 0 Å². The van der Waals surface area contributed by atoms with Crippen molar-refractivity contribution in [3.8, 4) is 0 Å². The molecule has 11 nitrogen and oxygen atoms in total. The van der Waals surface area contributed by atoms with Gasteiger partial charge in [-0.2, -0.15) is 0 Å². The van der Waals surface area contributed by atoms with Crippen LogP contribution in [-0.4, -0.2) is 59.0 Å². The second-order valence-electron chi connectivity index (χ2n) is 10.1. The summed E-state index contributed by atoms with van der Waals surface area (Å²) >= 11 is 0. The van der Waals surface area contributed by atoms with E-state index in [0.717, 1.165) is 42.8 Å². The fourth-order valence-electron chi connectivity index (χ4n) is 5.68. The summed E-state index contributed by atoms with van der Waals surface area (Å²) < 4.78 is 5.97. The van der Waals surface area contributed by atoms with E-state index in [1.165, 1.54) is 16.7 Å². The van der Waals surface area contributed by atoms with E-state index in [-0.39, 0.29) is 18.2 Å². The average molecular weight is 498 g/mol. The third-order valence-electron chi connectivity index (χ3n) is 7.70. The zero-order valence-corrected chi connectivity index (χ0v) is 20.4. The fraction of sp³-hybridized carbons (Fsp3) is 0.423. The number of anilines is 1. The SMILES string of the molecule is O=C(Cc1nnc([C@@H]2CCc3cnc(NC4Cc5ccccc5C4)nc3C2)o1)N1CCc2nn[nH]c2C1. The summed E-state index contributed by atoms with van der Waals surface area (Å²) in [6.45, 7) is 1.09. The molecule has 1 aliphatic heterocycles. The van der Waals surface area contributed by atoms with Crippen LogP contribution in [0.1, 0.15) is 57.9 Å². The number of H-pyrrole nitrogens is 1. The molecule has 0 unspecified atom stereocenters. The maximum atomic E-state index is 12.8. The van der Waals surface area contributed by atoms with Crippen molar-refractivity contribution in [1.82, 2.24) is 40.5 Å². The summed E-state index contributed by atoms with van der Waals surface area (Å²) in [6, 6.07) is 8.89. The maximum absolute atomic E-state index is 12.8. The van der Waals surface area contributed by atoms with E-state index in [9.17, 15) is 4.79 Å². The van der Waals surface area contributed by atoms with Gasteiger partial charge in [0.1, 0.15) is 6.42 Å². The number of rotatable bonds is 5. The molecule has 1 aromatic carbocycles. The number of aromatic nitrogens is 7. The van der Waals surface area contributed by atoms with Gasteiger partial charge in [-0.05, 0) is 42.4 Å². The Morgan fingerprint density at radius 3 is 2.78 bits per heavy atom. The molecule has 0 saturated heterocycles. The van der Waals surface area contributed by atoms with Gasteiger partial charge in [0.25, 0.3) is 0 Å². The largest absolute Gasteiger partial charge is 0.424 e. The number of fused-ring (bicyclic) bond motifs is 3. The van der Waals surface area contributed by atoms with Crippen molar-refractivity contribution in [2.24, 2.45) is 0 Å². The first-order chi connectivity index (χ1) is 18.2. The molecule has 4 heterocycles. The van der Waals surface area contributed by atoms with Gasteiger partial charge < -0.3 is 14.6 Å². The van der Waals surface area contributed by atoms with E-state index in [2.05, 4.69) is 60.2 Å². The average Bonchev–Trinajstić information content (AvgIpc) is 3.67. The van der Waals surface area contributed by atoms with E-state index in [1.807, 2.05) is 6.20 Å². The monoisotopic (exact) mass is 497 g/mol. The van der Waals surface area contributed by atoms with Crippen molar-refractivity contribution in [2.45, 2.75) is 63.5 Å². The van der Waals surface area contributed by atoms with Crippen LogP contribution in [0.3, 0.4) is 0 Å². The zero-order valence-electron chi connectivity index (χ0n) is 20.4. The first-order valence-corrected chi connectivity index (χ1v) is 12.8. The molecule has 7 rings (SSSR count). The molecule has 0 radical (unpaired) electrons. The van der Waals surface area contributed by atoms with E-state index >= 15 is 0 Å². The standard InChI is InChI=1S/C26H27N9O2/c36-24(35-8-7-20-22(14-35)31-34-30-20)12-23-32-33-25(37-23)17-5-6-18-13-27-26(29-21(18)11-17)28-19-9-15-3-1-2-4-16(15)10-19/h1-4,13,17,19H,5-12,14H2,(H,27,28,29)(H,30,31,34)/t17-/m1/s1. The highest BCUT2D eigenvalue weighted by Crippen LogP contribution is 2.32. The van der Waals surface area contributed by atoms with Gasteiger partial charge in [0.2, 0.25) is 23.6 Å². The quantitative estimate of drug-likeness (QED) is 0.424. The number of carbonyl (C=O) groups is 1. The lowest BCUT2D eigenvalue weighted by atomic mass is 9.87. The van der Waals surface area contributed by atoms with Crippen LogP contribution in [0.25, 0.3) is 0 Å². The van der Waals surface area contributed by atoms with Gasteiger partial charge in [-0.15, -0.1) is 15.3 Å². The van der Waals surface area contributed by atoms with Gasteiger partial charge in [0.05, 0.1) is 17.9 Å². The first kappa shape index (κ1) is 22.1. The van der Waals surface area contributed by atoms with E-state index in [1.54, 1.807) is 4.90 Å². The maximum Gasteiger partial charge on any atom is 0.232 e. The summed E-state index contributed by atoms with van der Waals surface area (Å²) in [7, 11) is 0. The van der Waals surface area contributed by atoms with Crippen molar-refractivity contribution in [2.75, 3.05) is 11.9 Å². The molecule has 0 spiro atoms. The van der Waals surface area contributed by atoms with Crippen LogP contribution in [-0.2, 0) is 49.9 Å². The van der Waals surface area contributed by atoms with Crippen molar-refractivity contribution < 1.29 is 9.21 Å². The van der Waals surface area contributed by atoms with Gasteiger partial charge in [0, 0.05) is 43.2 Å². The second-order valence-corrected chi connectivity index (χ2v) is 10.1. The smallest absolute Gasteiger partial charge is 0.232 e. The van der Waals surface area contributed by atoms with E-state index < -0.39 is 0 Å². The van der Waals surface area contributed by atoms with Crippen LogP contribution < -0.4 is 5.32 Å². The van der Waals surface area contributed by atoms with E-state index in [0.29, 0.717) is 49.7 Å². The topological polar surface area (TPSA) is 139 Å². The summed E-state index contributed by atoms with van der Waals surface area (Å²) in [5.41, 5.74) is 6.80. The molecule has 11 heteroatoms. The molecule has 3 aliphatic rings. The molecule has 1 amide bonds. The molecule has 0 bridgehead atoms. The van der Waals surface area contributed by atoms with Crippen molar-refractivity contribution in [3.63, 3.8) is 0 Å². The summed E-state index contributed by atoms with van der Waals surface area (Å²) in [6.07, 6.45) is 7.17. The molecule has 0 saturated carbocycles. The molecule has 188 valence electrons. The van der Waals surface area contributed by atoms with E-state index in [4.69, 9.17) is 9.40 Å². The van der Waals surface area contributed by atoms with Gasteiger partial charge in [-0.25, -0.2) is 9.97 Å². The molecular weight excluding hydrogens is 470 g/mol. The van der Waals surface area contributed by atoms with Crippen molar-refractivity contribution in [1.29, 1.82) is 0 Å². The second kappa shape index (κ2) is 9.06. The summed E-state index contributed by atoms with van der Waals surface area (Å²) in [4.78, 5) is 24.0. The number of nitrogens with one attached hydrogen (secondary N) is 2. The lowest BCUT2D eigenvalue weighted by Gasteiger charge is -2.25. The molecule has 2 N–H and O–H groups in total. The number of nitrogens with zero attached hydrogens (tertiary/aromatic N) is 7. The summed E-state index contributed by atoms with van der Waals surface area (Å²) in [5.74, 6) is 1.64. The molecular formula is C26H27N9O2. The lowest BCUT2D eigenvalue weighted by molar-refractivity contribution is -0.131. The minimum atomic E-state index is -0.0399. The highest BCUT2D eigenvalue weighted by Gasteiger charge is 2.29. The van der Waals surface area contributed by atoms with Crippen molar-refractivity contribution >= 4 is 11.9 Å². The minimum absolute atomic E-state index is 0.0399. The minimum Gasteiger partial charge on any atom is -0.424 e. The molecule has 1 atom stereocenters. The van der Waals surface area contributed by atoms with Crippen LogP contribution in [0.5, 0.6) is 0 Å².